The molecular weight excluding hydrogens is 344 g/mol. The predicted octanol–water partition coefficient (Wildman–Crippen LogP) is 3.34. The van der Waals surface area contributed by atoms with Crippen molar-refractivity contribution in [2.45, 2.75) is 6.92 Å². The molecule has 1 heterocycles. The lowest BCUT2D eigenvalue weighted by atomic mass is 10.2. The monoisotopic (exact) mass is 354 g/mol. The molecule has 20 heavy (non-hydrogen) atoms. The van der Waals surface area contributed by atoms with Gasteiger partial charge in [0.05, 0.1) is 26.4 Å². The Hall–Kier alpha value is -1.63. The first-order valence-electron chi connectivity index (χ1n) is 5.71. The number of anilines is 2. The Morgan fingerprint density at radius 2 is 2.15 bits per heavy atom. The largest absolute Gasteiger partial charge is 0.323 e. The van der Waals surface area contributed by atoms with E-state index in [4.69, 9.17) is 17.4 Å². The number of amides is 1. The van der Waals surface area contributed by atoms with E-state index in [0.29, 0.717) is 26.4 Å². The summed E-state index contributed by atoms with van der Waals surface area (Å²) in [5.41, 5.74) is 4.69. The molecule has 1 amide bonds. The average Bonchev–Trinajstić information content (AvgIpc) is 2.43. The van der Waals surface area contributed by atoms with Gasteiger partial charge in [0.25, 0.3) is 5.91 Å². The highest BCUT2D eigenvalue weighted by Gasteiger charge is 2.14. The summed E-state index contributed by atoms with van der Waals surface area (Å²) in [5.74, 6) is 5.09. The van der Waals surface area contributed by atoms with Crippen molar-refractivity contribution in [3.63, 3.8) is 0 Å². The predicted molar refractivity (Wildman–Crippen MR) is 83.9 cm³/mol. The van der Waals surface area contributed by atoms with E-state index in [-0.39, 0.29) is 5.91 Å². The zero-order valence-electron chi connectivity index (χ0n) is 10.6. The maximum Gasteiger partial charge on any atom is 0.259 e. The van der Waals surface area contributed by atoms with Crippen molar-refractivity contribution in [2.24, 2.45) is 5.84 Å². The molecule has 0 aliphatic rings. The number of aryl methyl sites for hydroxylation is 1. The van der Waals surface area contributed by atoms with Gasteiger partial charge in [-0.25, -0.2) is 0 Å². The summed E-state index contributed by atoms with van der Waals surface area (Å²) in [5, 5.41) is 3.27. The molecule has 0 fully saturated rings. The smallest absolute Gasteiger partial charge is 0.259 e. The maximum atomic E-state index is 12.3. The summed E-state index contributed by atoms with van der Waals surface area (Å²) < 4.78 is 0.623. The molecule has 0 bridgehead atoms. The third kappa shape index (κ3) is 3.09. The highest BCUT2D eigenvalue weighted by molar-refractivity contribution is 9.10. The number of nitrogens with one attached hydrogen (secondary N) is 2. The molecule has 0 saturated heterocycles. The van der Waals surface area contributed by atoms with E-state index in [1.165, 1.54) is 6.20 Å². The zero-order valence-corrected chi connectivity index (χ0v) is 12.9. The fourth-order valence-electron chi connectivity index (χ4n) is 1.65. The minimum Gasteiger partial charge on any atom is -0.323 e. The van der Waals surface area contributed by atoms with Crippen LogP contribution in [0, 0.1) is 6.92 Å². The van der Waals surface area contributed by atoms with Gasteiger partial charge in [-0.3, -0.25) is 15.6 Å². The summed E-state index contributed by atoms with van der Waals surface area (Å²) in [7, 11) is 0. The van der Waals surface area contributed by atoms with Crippen LogP contribution in [-0.2, 0) is 0 Å². The number of nitrogens with two attached hydrogens (primary N) is 1. The van der Waals surface area contributed by atoms with E-state index in [9.17, 15) is 4.79 Å². The Morgan fingerprint density at radius 3 is 2.85 bits per heavy atom. The number of nitrogen functional groups attached to an aromatic ring is 1. The second-order valence-electron chi connectivity index (χ2n) is 4.07. The Balaban J connectivity index is 2.31. The third-order valence-electron chi connectivity index (χ3n) is 2.64. The van der Waals surface area contributed by atoms with Crippen molar-refractivity contribution >= 4 is 44.8 Å². The first-order chi connectivity index (χ1) is 9.52. The van der Waals surface area contributed by atoms with Gasteiger partial charge in [0.1, 0.15) is 0 Å². The molecule has 0 radical (unpaired) electrons. The first-order valence-corrected chi connectivity index (χ1v) is 6.88. The molecule has 2 rings (SSSR count). The van der Waals surface area contributed by atoms with E-state index >= 15 is 0 Å². The van der Waals surface area contributed by atoms with Gasteiger partial charge in [-0.15, -0.1) is 0 Å². The van der Waals surface area contributed by atoms with Crippen LogP contribution in [0.5, 0.6) is 0 Å². The number of rotatable bonds is 3. The summed E-state index contributed by atoms with van der Waals surface area (Å²) in [6, 6.07) is 6.91. The molecule has 1 aromatic heterocycles. The fraction of sp³-hybridized carbons (Fsp3) is 0.0769. The van der Waals surface area contributed by atoms with Crippen LogP contribution in [-0.4, -0.2) is 10.9 Å². The number of carbonyl (C=O) groups is 1. The lowest BCUT2D eigenvalue weighted by molar-refractivity contribution is 0.102. The van der Waals surface area contributed by atoms with Gasteiger partial charge in [0.2, 0.25) is 0 Å². The van der Waals surface area contributed by atoms with Gasteiger partial charge in [0.15, 0.2) is 0 Å². The molecule has 0 unspecified atom stereocenters. The van der Waals surface area contributed by atoms with Crippen molar-refractivity contribution in [3.8, 4) is 0 Å². The normalized spacial score (nSPS) is 10.2. The van der Waals surface area contributed by atoms with E-state index in [0.717, 1.165) is 5.69 Å². The Morgan fingerprint density at radius 1 is 1.40 bits per heavy atom. The molecule has 7 heteroatoms. The number of pyridine rings is 1. The van der Waals surface area contributed by atoms with Crippen molar-refractivity contribution in [1.82, 2.24) is 4.98 Å². The van der Waals surface area contributed by atoms with E-state index < -0.39 is 0 Å². The SMILES string of the molecule is Cc1cc(NN)c(C(=O)Nc2cccc(Cl)c2Br)cn1. The Bertz CT molecular complexity index is 663. The number of hydrogen-bond donors (Lipinski definition) is 3. The lowest BCUT2D eigenvalue weighted by Gasteiger charge is -2.11. The third-order valence-corrected chi connectivity index (χ3v) is 4.04. The number of carbonyl (C=O) groups excluding carboxylic acids is 1. The van der Waals surface area contributed by atoms with Gasteiger partial charge >= 0.3 is 0 Å². The summed E-state index contributed by atoms with van der Waals surface area (Å²) in [6.45, 7) is 1.82. The Kier molecular flexibility index (Phi) is 4.59. The van der Waals surface area contributed by atoms with Crippen molar-refractivity contribution in [2.75, 3.05) is 10.7 Å². The molecule has 0 atom stereocenters. The first kappa shape index (κ1) is 14.8. The maximum absolute atomic E-state index is 12.3. The highest BCUT2D eigenvalue weighted by Crippen LogP contribution is 2.30. The average molecular weight is 356 g/mol. The summed E-state index contributed by atoms with van der Waals surface area (Å²) >= 11 is 9.31. The molecule has 4 N–H and O–H groups in total. The van der Waals surface area contributed by atoms with Crippen LogP contribution in [0.15, 0.2) is 34.9 Å². The van der Waals surface area contributed by atoms with Gasteiger partial charge < -0.3 is 10.7 Å². The number of nitrogens with zero attached hydrogens (tertiary/aromatic N) is 1. The zero-order chi connectivity index (χ0) is 14.7. The number of hydrogen-bond acceptors (Lipinski definition) is 4. The van der Waals surface area contributed by atoms with Gasteiger partial charge in [-0.05, 0) is 41.1 Å². The standard InChI is InChI=1S/C13H12BrClN4O/c1-7-5-11(19-16)8(6-17-7)13(20)18-10-4-2-3-9(15)12(10)14/h2-6H,16H2,1H3,(H,17,19)(H,18,20). The van der Waals surface area contributed by atoms with Gasteiger partial charge in [-0.2, -0.15) is 0 Å². The van der Waals surface area contributed by atoms with Crippen LogP contribution in [0.2, 0.25) is 5.02 Å². The second-order valence-corrected chi connectivity index (χ2v) is 5.27. The lowest BCUT2D eigenvalue weighted by Crippen LogP contribution is -2.18. The van der Waals surface area contributed by atoms with E-state index in [1.807, 2.05) is 6.92 Å². The molecule has 0 aliphatic heterocycles. The number of halogens is 2. The fourth-order valence-corrected chi connectivity index (χ4v) is 2.19. The van der Waals surface area contributed by atoms with Crippen LogP contribution in [0.3, 0.4) is 0 Å². The number of aromatic nitrogens is 1. The van der Waals surface area contributed by atoms with Crippen LogP contribution in [0.25, 0.3) is 0 Å². The minimum absolute atomic E-state index is 0.326. The molecule has 104 valence electrons. The van der Waals surface area contributed by atoms with Crippen LogP contribution < -0.4 is 16.6 Å². The van der Waals surface area contributed by atoms with Crippen molar-refractivity contribution in [1.29, 1.82) is 0 Å². The van der Waals surface area contributed by atoms with Crippen LogP contribution in [0.4, 0.5) is 11.4 Å². The molecule has 0 spiro atoms. The molecular formula is C13H12BrClN4O. The molecule has 5 nitrogen and oxygen atoms in total. The molecule has 1 aromatic carbocycles. The quantitative estimate of drug-likeness (QED) is 0.583. The van der Waals surface area contributed by atoms with Crippen molar-refractivity contribution < 1.29 is 4.79 Å². The second kappa shape index (κ2) is 6.21. The molecule has 0 aliphatic carbocycles. The summed E-state index contributed by atoms with van der Waals surface area (Å²) in [6.07, 6.45) is 1.47. The van der Waals surface area contributed by atoms with Gasteiger partial charge in [-0.1, -0.05) is 17.7 Å². The van der Waals surface area contributed by atoms with E-state index in [1.54, 1.807) is 24.3 Å². The van der Waals surface area contributed by atoms with Crippen molar-refractivity contribution in [3.05, 3.63) is 51.2 Å². The Labute approximate surface area is 129 Å². The van der Waals surface area contributed by atoms with Crippen LogP contribution in [0.1, 0.15) is 16.1 Å². The number of benzene rings is 1. The molecule has 2 aromatic rings. The van der Waals surface area contributed by atoms with Gasteiger partial charge in [0, 0.05) is 11.9 Å². The number of hydrazine groups is 1. The van der Waals surface area contributed by atoms with E-state index in [2.05, 4.69) is 31.7 Å². The van der Waals surface area contributed by atoms with Crippen LogP contribution >= 0.6 is 27.5 Å². The highest BCUT2D eigenvalue weighted by atomic mass is 79.9. The molecule has 0 saturated carbocycles. The minimum atomic E-state index is -0.326. The topological polar surface area (TPSA) is 80.0 Å². The summed E-state index contributed by atoms with van der Waals surface area (Å²) in [4.78, 5) is 16.4.